The van der Waals surface area contributed by atoms with Crippen molar-refractivity contribution in [2.75, 3.05) is 20.3 Å². The summed E-state index contributed by atoms with van der Waals surface area (Å²) in [5.74, 6) is 1.68. The van der Waals surface area contributed by atoms with Gasteiger partial charge in [-0.15, -0.1) is 11.3 Å². The number of benzene rings is 1. The van der Waals surface area contributed by atoms with Crippen LogP contribution in [0.5, 0.6) is 11.5 Å². The monoisotopic (exact) mass is 544 g/mol. The number of aromatic nitrogens is 4. The summed E-state index contributed by atoms with van der Waals surface area (Å²) in [5.41, 5.74) is 0.998. The fraction of sp³-hybridized carbons (Fsp3) is 0.400. The van der Waals surface area contributed by atoms with Crippen molar-refractivity contribution in [2.24, 2.45) is 0 Å². The van der Waals surface area contributed by atoms with E-state index in [0.29, 0.717) is 69.6 Å². The summed E-state index contributed by atoms with van der Waals surface area (Å²) in [6.07, 6.45) is 1.53. The highest BCUT2D eigenvalue weighted by Gasteiger charge is 2.35. The lowest BCUT2D eigenvalue weighted by atomic mass is 9.95. The van der Waals surface area contributed by atoms with Crippen LogP contribution in [0.4, 0.5) is 4.39 Å². The molecule has 0 saturated carbocycles. The van der Waals surface area contributed by atoms with Crippen LogP contribution in [0.3, 0.4) is 0 Å². The Morgan fingerprint density at radius 1 is 1.24 bits per heavy atom. The summed E-state index contributed by atoms with van der Waals surface area (Å²) >= 11 is 2.70. The zero-order chi connectivity index (χ0) is 25.7. The summed E-state index contributed by atoms with van der Waals surface area (Å²) in [6, 6.07) is 5.44. The van der Waals surface area contributed by atoms with Crippen molar-refractivity contribution in [3.8, 4) is 23.0 Å². The molecule has 1 aromatic carbocycles. The first-order chi connectivity index (χ1) is 17.8. The first-order valence-electron chi connectivity index (χ1n) is 11.8. The van der Waals surface area contributed by atoms with Crippen LogP contribution in [0.15, 0.2) is 28.8 Å². The second kappa shape index (κ2) is 9.35. The minimum Gasteiger partial charge on any atom is -0.496 e. The van der Waals surface area contributed by atoms with Crippen LogP contribution in [-0.2, 0) is 16.9 Å². The molecule has 5 aromatic rings. The molecule has 4 aromatic heterocycles. The largest absolute Gasteiger partial charge is 0.496 e. The number of alkyl halides is 1. The zero-order valence-corrected chi connectivity index (χ0v) is 22.1. The van der Waals surface area contributed by atoms with Gasteiger partial charge in [0.15, 0.2) is 16.9 Å². The summed E-state index contributed by atoms with van der Waals surface area (Å²) in [6.45, 7) is 4.68. The maximum atomic E-state index is 13.8. The van der Waals surface area contributed by atoms with Crippen LogP contribution in [0, 0.1) is 6.92 Å². The van der Waals surface area contributed by atoms with Gasteiger partial charge in [-0.2, -0.15) is 9.61 Å². The Bertz CT molecular complexity index is 1580. The fourth-order valence-corrected chi connectivity index (χ4v) is 6.18. The van der Waals surface area contributed by atoms with E-state index in [4.69, 9.17) is 23.6 Å². The molecule has 1 fully saturated rings. The van der Waals surface area contributed by atoms with Crippen molar-refractivity contribution in [3.05, 3.63) is 45.0 Å². The van der Waals surface area contributed by atoms with E-state index in [0.717, 1.165) is 16.0 Å². The number of hydrogen-bond acceptors (Lipinski definition) is 10. The van der Waals surface area contributed by atoms with E-state index in [1.165, 1.54) is 29.6 Å². The van der Waals surface area contributed by atoms with Crippen LogP contribution in [0.2, 0.25) is 0 Å². The van der Waals surface area contributed by atoms with Crippen LogP contribution >= 0.6 is 22.7 Å². The lowest BCUT2D eigenvalue weighted by molar-refractivity contribution is -0.0681. The van der Waals surface area contributed by atoms with E-state index < -0.39 is 11.8 Å². The standard InChI is InChI=1S/C25H25FN4O5S2/c1-13(26)22-29-30-18(11-27-24(30)37-22)21-10-16-19(8-15(32-3)9-20(16)35-21)34-12-17-14(2)36-23(28-17)25(31)4-6-33-7-5-25/h8-11,13,31H,4-7,12H2,1-3H3. The van der Waals surface area contributed by atoms with Gasteiger partial charge >= 0.3 is 0 Å². The number of hydrogen-bond donors (Lipinski definition) is 1. The number of aliphatic hydroxyl groups is 1. The number of furan rings is 1. The third kappa shape index (κ3) is 4.37. The van der Waals surface area contributed by atoms with Gasteiger partial charge in [0.25, 0.3) is 0 Å². The van der Waals surface area contributed by atoms with Gasteiger partial charge < -0.3 is 23.7 Å². The molecule has 0 amide bonds. The van der Waals surface area contributed by atoms with Crippen molar-refractivity contribution >= 4 is 38.6 Å². The second-order valence-corrected chi connectivity index (χ2v) is 11.2. The maximum absolute atomic E-state index is 13.8. The van der Waals surface area contributed by atoms with Crippen LogP contribution in [0.25, 0.3) is 27.4 Å². The highest BCUT2D eigenvalue weighted by atomic mass is 32.1. The lowest BCUT2D eigenvalue weighted by Gasteiger charge is -2.29. The second-order valence-electron chi connectivity index (χ2n) is 9.00. The molecule has 5 heterocycles. The SMILES string of the molecule is COc1cc(OCc2nc(C3(O)CCOCC3)sc2C)c2cc(-c3cnc4sc(C(C)F)nn34)oc2c1. The number of aryl methyl sites for hydroxylation is 1. The summed E-state index contributed by atoms with van der Waals surface area (Å²) in [7, 11) is 1.58. The first kappa shape index (κ1) is 24.3. The molecule has 1 N–H and O–H groups in total. The lowest BCUT2D eigenvalue weighted by Crippen LogP contribution is -2.33. The average molecular weight is 545 g/mol. The van der Waals surface area contributed by atoms with Gasteiger partial charge in [0, 0.05) is 43.1 Å². The number of fused-ring (bicyclic) bond motifs is 2. The predicted octanol–water partition coefficient (Wildman–Crippen LogP) is 5.59. The quantitative estimate of drug-likeness (QED) is 0.283. The number of nitrogens with zero attached hydrogens (tertiary/aromatic N) is 4. The van der Waals surface area contributed by atoms with E-state index in [1.54, 1.807) is 30.0 Å². The van der Waals surface area contributed by atoms with Crippen LogP contribution < -0.4 is 9.47 Å². The van der Waals surface area contributed by atoms with E-state index in [1.807, 2.05) is 13.0 Å². The van der Waals surface area contributed by atoms with Gasteiger partial charge in [-0.3, -0.25) is 0 Å². The van der Waals surface area contributed by atoms with Crippen molar-refractivity contribution in [1.29, 1.82) is 0 Å². The Morgan fingerprint density at radius 2 is 2.05 bits per heavy atom. The first-order valence-corrected chi connectivity index (χ1v) is 13.5. The molecule has 1 aliphatic heterocycles. The van der Waals surface area contributed by atoms with Gasteiger partial charge in [0.05, 0.1) is 24.4 Å². The van der Waals surface area contributed by atoms with Gasteiger partial charge in [-0.1, -0.05) is 11.3 Å². The number of methoxy groups -OCH3 is 1. The maximum Gasteiger partial charge on any atom is 0.212 e. The highest BCUT2D eigenvalue weighted by molar-refractivity contribution is 7.16. The van der Waals surface area contributed by atoms with Gasteiger partial charge in [0.2, 0.25) is 4.96 Å². The minimum atomic E-state index is -1.18. The van der Waals surface area contributed by atoms with Crippen molar-refractivity contribution in [2.45, 2.75) is 45.1 Å². The van der Waals surface area contributed by atoms with E-state index in [2.05, 4.69) is 10.1 Å². The normalized spacial score (nSPS) is 16.5. The van der Waals surface area contributed by atoms with Gasteiger partial charge in [-0.05, 0) is 19.9 Å². The molecule has 12 heteroatoms. The van der Waals surface area contributed by atoms with Crippen molar-refractivity contribution in [3.63, 3.8) is 0 Å². The summed E-state index contributed by atoms with van der Waals surface area (Å²) < 4.78 is 38.6. The number of rotatable bonds is 7. The molecule has 1 unspecified atom stereocenters. The smallest absolute Gasteiger partial charge is 0.212 e. The van der Waals surface area contributed by atoms with Gasteiger partial charge in [-0.25, -0.2) is 14.4 Å². The molecule has 1 atom stereocenters. The molecule has 0 radical (unpaired) electrons. The molecule has 1 saturated heterocycles. The molecule has 0 aliphatic carbocycles. The Morgan fingerprint density at radius 3 is 2.81 bits per heavy atom. The fourth-order valence-electron chi connectivity index (χ4n) is 4.31. The predicted molar refractivity (Wildman–Crippen MR) is 137 cm³/mol. The molecule has 37 heavy (non-hydrogen) atoms. The molecule has 194 valence electrons. The molecule has 0 spiro atoms. The zero-order valence-electron chi connectivity index (χ0n) is 20.5. The molecular formula is C25H25FN4O5S2. The Labute approximate surface area is 219 Å². The number of halogens is 1. The van der Waals surface area contributed by atoms with E-state index in [-0.39, 0.29) is 6.61 Å². The Hall–Kier alpha value is -3.06. The summed E-state index contributed by atoms with van der Waals surface area (Å²) in [5, 5.41) is 17.2. The molecule has 6 rings (SSSR count). The molecule has 9 nitrogen and oxygen atoms in total. The van der Waals surface area contributed by atoms with E-state index >= 15 is 0 Å². The van der Waals surface area contributed by atoms with Crippen molar-refractivity contribution < 1.29 is 28.1 Å². The molecule has 1 aliphatic rings. The third-order valence-electron chi connectivity index (χ3n) is 6.48. The highest BCUT2D eigenvalue weighted by Crippen LogP contribution is 2.39. The Balaban J connectivity index is 1.32. The minimum absolute atomic E-state index is 0.221. The third-order valence-corrected chi connectivity index (χ3v) is 8.76. The number of imidazole rings is 1. The number of ether oxygens (including phenoxy) is 3. The summed E-state index contributed by atoms with van der Waals surface area (Å²) in [4.78, 5) is 10.7. The molecular weight excluding hydrogens is 519 g/mol. The van der Waals surface area contributed by atoms with Crippen molar-refractivity contribution in [1.82, 2.24) is 19.6 Å². The van der Waals surface area contributed by atoms with E-state index in [9.17, 15) is 9.50 Å². The van der Waals surface area contributed by atoms with Crippen LogP contribution in [-0.4, -0.2) is 45.0 Å². The van der Waals surface area contributed by atoms with Gasteiger partial charge in [0.1, 0.15) is 40.0 Å². The average Bonchev–Trinajstić information content (AvgIpc) is 3.65. The number of thiazole rings is 1. The molecule has 0 bridgehead atoms. The topological polar surface area (TPSA) is 104 Å². The van der Waals surface area contributed by atoms with Crippen LogP contribution in [0.1, 0.15) is 46.5 Å². The Kier molecular flexibility index (Phi) is 6.14.